The Morgan fingerprint density at radius 3 is 2.11 bits per heavy atom. The van der Waals surface area contributed by atoms with E-state index < -0.39 is 10.0 Å². The molecule has 5 aliphatic rings. The highest BCUT2D eigenvalue weighted by atomic mass is 32.2. The lowest BCUT2D eigenvalue weighted by Gasteiger charge is -2.43. The first-order valence-electron chi connectivity index (χ1n) is 14.2. The molecule has 1 amide bonds. The second-order valence-electron chi connectivity index (χ2n) is 12.2. The fourth-order valence-electron chi connectivity index (χ4n) is 7.83. The lowest BCUT2D eigenvalue weighted by molar-refractivity contribution is -0.136. The number of likely N-dealkylation sites (tertiary alicyclic amines) is 1. The van der Waals surface area contributed by atoms with E-state index in [1.807, 2.05) is 4.31 Å². The van der Waals surface area contributed by atoms with Gasteiger partial charge in [-0.3, -0.25) is 10.2 Å². The van der Waals surface area contributed by atoms with E-state index in [-0.39, 0.29) is 23.3 Å². The summed E-state index contributed by atoms with van der Waals surface area (Å²) < 4.78 is 28.6. The fraction of sp³-hybridized carbons (Fsp3) is 0.962. The molecule has 200 valence electrons. The van der Waals surface area contributed by atoms with Crippen molar-refractivity contribution >= 4 is 15.9 Å². The Kier molecular flexibility index (Phi) is 7.81. The predicted molar refractivity (Wildman–Crippen MR) is 138 cm³/mol. The van der Waals surface area contributed by atoms with Gasteiger partial charge in [0.25, 0.3) is 0 Å². The van der Waals surface area contributed by atoms with Crippen LogP contribution in [0.2, 0.25) is 0 Å². The fourth-order valence-corrected chi connectivity index (χ4v) is 9.84. The zero-order chi connectivity index (χ0) is 24.7. The maximum Gasteiger partial charge on any atom is 0.228 e. The number of piperidine rings is 2. The van der Waals surface area contributed by atoms with Crippen LogP contribution in [0.3, 0.4) is 0 Å². The molecule has 0 bridgehead atoms. The second-order valence-corrected chi connectivity index (χ2v) is 14.4. The first-order valence-corrected chi connectivity index (χ1v) is 15.7. The maximum atomic E-state index is 13.4. The molecule has 4 atom stereocenters. The highest BCUT2D eigenvalue weighted by Gasteiger charge is 2.49. The number of nitrogens with zero attached hydrogens (tertiary/aromatic N) is 4. The van der Waals surface area contributed by atoms with Gasteiger partial charge in [0.2, 0.25) is 15.9 Å². The van der Waals surface area contributed by atoms with Crippen LogP contribution >= 0.6 is 0 Å². The van der Waals surface area contributed by atoms with Gasteiger partial charge < -0.3 is 9.80 Å². The number of hydrogen-bond donors (Lipinski definition) is 1. The maximum absolute atomic E-state index is 13.4. The molecule has 1 saturated carbocycles. The Morgan fingerprint density at radius 1 is 0.857 bits per heavy atom. The molecule has 5 rings (SSSR count). The largest absolute Gasteiger partial charge is 0.342 e. The van der Waals surface area contributed by atoms with Crippen LogP contribution < -0.4 is 5.43 Å². The number of fused-ring (bicyclic) bond motifs is 1. The Morgan fingerprint density at radius 2 is 1.49 bits per heavy atom. The summed E-state index contributed by atoms with van der Waals surface area (Å²) in [4.78, 5) is 17.7. The molecule has 0 aromatic carbocycles. The zero-order valence-corrected chi connectivity index (χ0v) is 22.9. The molecule has 35 heavy (non-hydrogen) atoms. The molecule has 8 nitrogen and oxygen atoms in total. The van der Waals surface area contributed by atoms with Gasteiger partial charge in [-0.2, -0.15) is 0 Å². The third-order valence-corrected chi connectivity index (χ3v) is 12.4. The molecule has 4 saturated heterocycles. The van der Waals surface area contributed by atoms with Crippen LogP contribution in [-0.4, -0.2) is 104 Å². The summed E-state index contributed by atoms with van der Waals surface area (Å²) in [5.41, 5.74) is 3.60. The summed E-state index contributed by atoms with van der Waals surface area (Å²) in [6.07, 6.45) is 9.97. The Labute approximate surface area is 212 Å². The van der Waals surface area contributed by atoms with Gasteiger partial charge in [0.05, 0.1) is 11.2 Å². The SMILES string of the molecule is CC1NN2CCC(C3CCN(S(=O)(=O)C4CCC(N(C)C)CC4)CC3)CC2C1C(=O)N1CCCC1. The van der Waals surface area contributed by atoms with Crippen molar-refractivity contribution in [2.45, 2.75) is 94.5 Å². The van der Waals surface area contributed by atoms with E-state index in [9.17, 15) is 13.2 Å². The highest BCUT2D eigenvalue weighted by Crippen LogP contribution is 2.41. The minimum Gasteiger partial charge on any atom is -0.342 e. The van der Waals surface area contributed by atoms with Gasteiger partial charge in [-0.25, -0.2) is 17.7 Å². The molecule has 5 fully saturated rings. The molecule has 0 radical (unpaired) electrons. The molecular weight excluding hydrogens is 462 g/mol. The smallest absolute Gasteiger partial charge is 0.228 e. The molecular formula is C26H47N5O3S. The molecule has 0 aromatic heterocycles. The Bertz CT molecular complexity index is 845. The van der Waals surface area contributed by atoms with Crippen molar-refractivity contribution in [2.24, 2.45) is 17.8 Å². The summed E-state index contributed by atoms with van der Waals surface area (Å²) in [7, 11) is 1.00. The molecule has 4 aliphatic heterocycles. The summed E-state index contributed by atoms with van der Waals surface area (Å²) >= 11 is 0. The monoisotopic (exact) mass is 509 g/mol. The van der Waals surface area contributed by atoms with E-state index in [0.29, 0.717) is 36.9 Å². The van der Waals surface area contributed by atoms with Gasteiger partial charge in [-0.05, 0) is 97.1 Å². The van der Waals surface area contributed by atoms with E-state index >= 15 is 0 Å². The zero-order valence-electron chi connectivity index (χ0n) is 22.1. The summed E-state index contributed by atoms with van der Waals surface area (Å²) in [5.74, 6) is 1.57. The Hall–Kier alpha value is -0.740. The van der Waals surface area contributed by atoms with E-state index in [1.165, 1.54) is 0 Å². The molecule has 4 unspecified atom stereocenters. The topological polar surface area (TPSA) is 76.2 Å². The number of carbonyl (C=O) groups excluding carboxylic acids is 1. The summed E-state index contributed by atoms with van der Waals surface area (Å²) in [6.45, 7) is 6.36. The standard InChI is InChI=1S/C26H47N5O3S/c1-19-25(26(32)29-13-4-5-14-29)24-18-21(12-17-31(24)27-19)20-10-15-30(16-11-20)35(33,34)23-8-6-22(7-9-23)28(2)3/h19-25,27H,4-18H2,1-3H3. The van der Waals surface area contributed by atoms with Crippen LogP contribution in [-0.2, 0) is 14.8 Å². The van der Waals surface area contributed by atoms with Crippen LogP contribution in [0, 0.1) is 17.8 Å². The number of hydrogen-bond acceptors (Lipinski definition) is 6. The van der Waals surface area contributed by atoms with Crippen molar-refractivity contribution in [3.63, 3.8) is 0 Å². The molecule has 4 heterocycles. The number of amides is 1. The van der Waals surface area contributed by atoms with E-state index in [0.717, 1.165) is 83.8 Å². The minimum absolute atomic E-state index is 0.0497. The van der Waals surface area contributed by atoms with Crippen molar-refractivity contribution in [3.05, 3.63) is 0 Å². The molecule has 1 N–H and O–H groups in total. The number of carbonyl (C=O) groups is 1. The van der Waals surface area contributed by atoms with E-state index in [1.54, 1.807) is 0 Å². The number of hydrazine groups is 1. The minimum atomic E-state index is -3.19. The predicted octanol–water partition coefficient (Wildman–Crippen LogP) is 2.13. The molecule has 9 heteroatoms. The second kappa shape index (κ2) is 10.6. The number of sulfonamides is 1. The average molecular weight is 510 g/mol. The van der Waals surface area contributed by atoms with Gasteiger partial charge in [0.15, 0.2) is 0 Å². The van der Waals surface area contributed by atoms with Gasteiger partial charge in [0.1, 0.15) is 0 Å². The quantitative estimate of drug-likeness (QED) is 0.612. The Balaban J connectivity index is 1.16. The lowest BCUT2D eigenvalue weighted by atomic mass is 9.74. The van der Waals surface area contributed by atoms with E-state index in [4.69, 9.17) is 0 Å². The van der Waals surface area contributed by atoms with Gasteiger partial charge in [-0.15, -0.1) is 0 Å². The third-order valence-electron chi connectivity index (χ3n) is 10.0. The first kappa shape index (κ1) is 25.9. The van der Waals surface area contributed by atoms with Gasteiger partial charge in [0, 0.05) is 50.8 Å². The van der Waals surface area contributed by atoms with Crippen LogP contribution in [0.25, 0.3) is 0 Å². The van der Waals surface area contributed by atoms with E-state index in [2.05, 4.69) is 41.3 Å². The van der Waals surface area contributed by atoms with Crippen molar-refractivity contribution in [1.82, 2.24) is 24.5 Å². The third kappa shape index (κ3) is 5.17. The molecule has 0 aromatic rings. The summed E-state index contributed by atoms with van der Waals surface area (Å²) in [5, 5.41) is 2.16. The first-order chi connectivity index (χ1) is 16.8. The summed E-state index contributed by atoms with van der Waals surface area (Å²) in [6, 6.07) is 0.999. The number of rotatable bonds is 5. The average Bonchev–Trinajstić information content (AvgIpc) is 3.51. The molecule has 0 spiro atoms. The molecule has 1 aliphatic carbocycles. The van der Waals surface area contributed by atoms with Crippen molar-refractivity contribution in [3.8, 4) is 0 Å². The van der Waals surface area contributed by atoms with Crippen LogP contribution in [0.15, 0.2) is 0 Å². The van der Waals surface area contributed by atoms with Crippen molar-refractivity contribution in [1.29, 1.82) is 0 Å². The van der Waals surface area contributed by atoms with Crippen LogP contribution in [0.1, 0.15) is 71.1 Å². The van der Waals surface area contributed by atoms with Gasteiger partial charge >= 0.3 is 0 Å². The van der Waals surface area contributed by atoms with Gasteiger partial charge in [-0.1, -0.05) is 0 Å². The number of nitrogens with one attached hydrogen (secondary N) is 1. The van der Waals surface area contributed by atoms with Crippen LogP contribution in [0.5, 0.6) is 0 Å². The van der Waals surface area contributed by atoms with Crippen LogP contribution in [0.4, 0.5) is 0 Å². The normalized spacial score (nSPS) is 38.2. The lowest BCUT2D eigenvalue weighted by Crippen LogP contribution is -2.50. The van der Waals surface area contributed by atoms with Crippen molar-refractivity contribution in [2.75, 3.05) is 46.8 Å². The van der Waals surface area contributed by atoms with Crippen molar-refractivity contribution < 1.29 is 13.2 Å². The highest BCUT2D eigenvalue weighted by molar-refractivity contribution is 7.89.